The van der Waals surface area contributed by atoms with Crippen LogP contribution in [0.3, 0.4) is 0 Å². The Morgan fingerprint density at radius 2 is 1.92 bits per heavy atom. The lowest BCUT2D eigenvalue weighted by atomic mass is 10.2. The molecule has 4 rings (SSSR count). The molecule has 2 aromatic carbocycles. The van der Waals surface area contributed by atoms with Gasteiger partial charge in [-0.05, 0) is 30.7 Å². The first kappa shape index (κ1) is 16.3. The van der Waals surface area contributed by atoms with Crippen molar-refractivity contribution in [1.82, 2.24) is 0 Å². The summed E-state index contributed by atoms with van der Waals surface area (Å²) in [6, 6.07) is 7.95. The second-order valence-corrected chi connectivity index (χ2v) is 6.09. The number of fused-ring (bicyclic) bond motifs is 1. The van der Waals surface area contributed by atoms with Crippen LogP contribution in [0.5, 0.6) is 5.75 Å². The molecule has 2 amide bonds. The average molecular weight is 359 g/mol. The number of anilines is 3. The van der Waals surface area contributed by atoms with E-state index >= 15 is 0 Å². The molecule has 0 radical (unpaired) electrons. The second-order valence-electron chi connectivity index (χ2n) is 6.09. The highest BCUT2D eigenvalue weighted by atomic mass is 19.1. The molecule has 1 fully saturated rings. The van der Waals surface area contributed by atoms with Gasteiger partial charge in [0.25, 0.3) is 5.91 Å². The third kappa shape index (κ3) is 2.83. The maximum absolute atomic E-state index is 13.9. The van der Waals surface area contributed by atoms with Crippen LogP contribution in [0.4, 0.5) is 25.8 Å². The highest BCUT2D eigenvalue weighted by Gasteiger charge is 2.35. The second kappa shape index (κ2) is 6.29. The Hall–Kier alpha value is -3.16. The number of para-hydroxylation sites is 1. The molecule has 134 valence electrons. The Morgan fingerprint density at radius 1 is 1.15 bits per heavy atom. The Kier molecular flexibility index (Phi) is 3.95. The predicted octanol–water partition coefficient (Wildman–Crippen LogP) is 2.51. The molecule has 2 aliphatic rings. The summed E-state index contributed by atoms with van der Waals surface area (Å²) >= 11 is 0. The van der Waals surface area contributed by atoms with Gasteiger partial charge in [-0.3, -0.25) is 9.59 Å². The summed E-state index contributed by atoms with van der Waals surface area (Å²) in [5.74, 6) is -1.67. The van der Waals surface area contributed by atoms with Crippen LogP contribution in [0.15, 0.2) is 36.4 Å². The number of carbonyl (C=O) groups excluding carboxylic acids is 2. The van der Waals surface area contributed by atoms with Crippen molar-refractivity contribution in [2.75, 3.05) is 28.7 Å². The average Bonchev–Trinajstić information content (AvgIpc) is 2.96. The zero-order valence-corrected chi connectivity index (χ0v) is 13.6. The molecule has 2 aliphatic heterocycles. The van der Waals surface area contributed by atoms with Gasteiger partial charge in [0.2, 0.25) is 5.91 Å². The van der Waals surface area contributed by atoms with Gasteiger partial charge in [0.1, 0.15) is 29.1 Å². The number of rotatable bonds is 3. The monoisotopic (exact) mass is 359 g/mol. The van der Waals surface area contributed by atoms with E-state index in [0.29, 0.717) is 23.5 Å². The molecule has 0 aromatic heterocycles. The van der Waals surface area contributed by atoms with Gasteiger partial charge in [-0.15, -0.1) is 0 Å². The van der Waals surface area contributed by atoms with Crippen LogP contribution in [0.1, 0.15) is 6.42 Å². The standard InChI is InChI=1S/C18H15F2N3O3/c19-11-2-1-3-12(20)17(11)23-7-6-14(18(23)25)21-10-4-5-13-15(8-10)26-9-16(24)22-13/h1-5,8,14,21H,6-7,9H2,(H,22,24). The van der Waals surface area contributed by atoms with Gasteiger partial charge in [0, 0.05) is 18.3 Å². The van der Waals surface area contributed by atoms with Crippen molar-refractivity contribution in [3.63, 3.8) is 0 Å². The van der Waals surface area contributed by atoms with Gasteiger partial charge in [-0.2, -0.15) is 0 Å². The SMILES string of the molecule is O=C1COc2cc(NC3CCN(c4c(F)cccc4F)C3=O)ccc2N1. The summed E-state index contributed by atoms with van der Waals surface area (Å²) in [7, 11) is 0. The summed E-state index contributed by atoms with van der Waals surface area (Å²) in [4.78, 5) is 25.0. The maximum atomic E-state index is 13.9. The van der Waals surface area contributed by atoms with Crippen molar-refractivity contribution in [3.05, 3.63) is 48.0 Å². The largest absolute Gasteiger partial charge is 0.482 e. The minimum absolute atomic E-state index is 0.0703. The molecule has 8 heteroatoms. The highest BCUT2D eigenvalue weighted by molar-refractivity contribution is 6.01. The fraction of sp³-hybridized carbons (Fsp3) is 0.222. The van der Waals surface area contributed by atoms with E-state index in [2.05, 4.69) is 10.6 Å². The highest BCUT2D eigenvalue weighted by Crippen LogP contribution is 2.32. The van der Waals surface area contributed by atoms with E-state index < -0.39 is 23.6 Å². The van der Waals surface area contributed by atoms with Crippen molar-refractivity contribution < 1.29 is 23.1 Å². The number of hydrogen-bond acceptors (Lipinski definition) is 4. The number of hydrogen-bond donors (Lipinski definition) is 2. The molecule has 2 N–H and O–H groups in total. The first-order valence-electron chi connectivity index (χ1n) is 8.11. The molecule has 0 spiro atoms. The molecule has 1 saturated heterocycles. The van der Waals surface area contributed by atoms with Gasteiger partial charge in [0.15, 0.2) is 6.61 Å². The fourth-order valence-corrected chi connectivity index (χ4v) is 3.15. The van der Waals surface area contributed by atoms with Crippen LogP contribution < -0.4 is 20.3 Å². The molecule has 6 nitrogen and oxygen atoms in total. The van der Waals surface area contributed by atoms with Crippen LogP contribution >= 0.6 is 0 Å². The molecule has 1 unspecified atom stereocenters. The summed E-state index contributed by atoms with van der Waals surface area (Å²) in [6.07, 6.45) is 0.404. The number of carbonyl (C=O) groups is 2. The van der Waals surface area contributed by atoms with Crippen molar-refractivity contribution in [2.24, 2.45) is 0 Å². The summed E-state index contributed by atoms with van der Waals surface area (Å²) in [5.41, 5.74) is 0.854. The Bertz CT molecular complexity index is 883. The molecule has 0 saturated carbocycles. The number of nitrogens with one attached hydrogen (secondary N) is 2. The molecule has 0 aliphatic carbocycles. The van der Waals surface area contributed by atoms with E-state index in [9.17, 15) is 18.4 Å². The quantitative estimate of drug-likeness (QED) is 0.884. The van der Waals surface area contributed by atoms with Gasteiger partial charge < -0.3 is 20.3 Å². The lowest BCUT2D eigenvalue weighted by molar-refractivity contribution is -0.119. The topological polar surface area (TPSA) is 70.7 Å². The van der Waals surface area contributed by atoms with Crippen molar-refractivity contribution in [2.45, 2.75) is 12.5 Å². The molecular weight excluding hydrogens is 344 g/mol. The van der Waals surface area contributed by atoms with E-state index in [-0.39, 0.29) is 24.7 Å². The lowest BCUT2D eigenvalue weighted by Crippen LogP contribution is -2.34. The third-order valence-corrected chi connectivity index (χ3v) is 4.37. The van der Waals surface area contributed by atoms with Crippen LogP contribution in [0, 0.1) is 11.6 Å². The molecule has 2 heterocycles. The van der Waals surface area contributed by atoms with Gasteiger partial charge >= 0.3 is 0 Å². The van der Waals surface area contributed by atoms with Crippen LogP contribution in [-0.2, 0) is 9.59 Å². The number of nitrogens with zero attached hydrogens (tertiary/aromatic N) is 1. The van der Waals surface area contributed by atoms with Crippen molar-refractivity contribution in [3.8, 4) is 5.75 Å². The zero-order chi connectivity index (χ0) is 18.3. The van der Waals surface area contributed by atoms with E-state index in [0.717, 1.165) is 17.0 Å². The van der Waals surface area contributed by atoms with Crippen molar-refractivity contribution in [1.29, 1.82) is 0 Å². The van der Waals surface area contributed by atoms with Gasteiger partial charge in [0.05, 0.1) is 5.69 Å². The number of benzene rings is 2. The summed E-state index contributed by atoms with van der Waals surface area (Å²) < 4.78 is 33.2. The normalized spacial score (nSPS) is 19.0. The summed E-state index contributed by atoms with van der Waals surface area (Å²) in [6.45, 7) is 0.144. The number of amides is 2. The van der Waals surface area contributed by atoms with Crippen molar-refractivity contribution >= 4 is 28.9 Å². The fourth-order valence-electron chi connectivity index (χ4n) is 3.15. The predicted molar refractivity (Wildman–Crippen MR) is 91.3 cm³/mol. The van der Waals surface area contributed by atoms with Crippen LogP contribution in [-0.4, -0.2) is 31.0 Å². The number of halogens is 2. The van der Waals surface area contributed by atoms with E-state index in [1.807, 2.05) is 0 Å². The van der Waals surface area contributed by atoms with E-state index in [4.69, 9.17) is 4.74 Å². The first-order valence-corrected chi connectivity index (χ1v) is 8.11. The van der Waals surface area contributed by atoms with Gasteiger partial charge in [-0.1, -0.05) is 6.07 Å². The number of ether oxygens (including phenoxy) is 1. The Morgan fingerprint density at radius 3 is 2.69 bits per heavy atom. The smallest absolute Gasteiger partial charge is 0.262 e. The Balaban J connectivity index is 1.52. The third-order valence-electron chi connectivity index (χ3n) is 4.37. The van der Waals surface area contributed by atoms with Gasteiger partial charge in [-0.25, -0.2) is 8.78 Å². The lowest BCUT2D eigenvalue weighted by Gasteiger charge is -2.21. The molecule has 1 atom stereocenters. The van der Waals surface area contributed by atoms with Crippen LogP contribution in [0.2, 0.25) is 0 Å². The summed E-state index contributed by atoms with van der Waals surface area (Å²) in [5, 5.41) is 5.74. The minimum atomic E-state index is -0.767. The molecular formula is C18H15F2N3O3. The Labute approximate surface area is 147 Å². The molecule has 26 heavy (non-hydrogen) atoms. The molecule has 2 aromatic rings. The minimum Gasteiger partial charge on any atom is -0.482 e. The van der Waals surface area contributed by atoms with Crippen LogP contribution in [0.25, 0.3) is 0 Å². The maximum Gasteiger partial charge on any atom is 0.262 e. The zero-order valence-electron chi connectivity index (χ0n) is 13.6. The molecule has 0 bridgehead atoms. The first-order chi connectivity index (χ1) is 12.5. The van der Waals surface area contributed by atoms with E-state index in [1.165, 1.54) is 6.07 Å². The van der Waals surface area contributed by atoms with E-state index in [1.54, 1.807) is 18.2 Å².